The molecule has 22 heavy (non-hydrogen) atoms. The molecule has 1 aromatic heterocycles. The minimum absolute atomic E-state index is 0.00349. The van der Waals surface area contributed by atoms with Crippen molar-refractivity contribution in [1.82, 2.24) is 9.78 Å². The van der Waals surface area contributed by atoms with Gasteiger partial charge in [0.05, 0.1) is 25.5 Å². The number of methoxy groups -OCH3 is 2. The summed E-state index contributed by atoms with van der Waals surface area (Å²) < 4.78 is 37.7. The van der Waals surface area contributed by atoms with E-state index in [4.69, 9.17) is 14.6 Å². The van der Waals surface area contributed by atoms with E-state index in [1.165, 1.54) is 44.1 Å². The summed E-state index contributed by atoms with van der Waals surface area (Å²) in [6, 6.07) is 3.84. The smallest absolute Gasteiger partial charge is 0.356 e. The van der Waals surface area contributed by atoms with E-state index in [9.17, 15) is 13.6 Å². The summed E-state index contributed by atoms with van der Waals surface area (Å²) in [5.74, 6) is -0.930. The molecule has 1 aromatic carbocycles. The highest BCUT2D eigenvalue weighted by Gasteiger charge is 2.22. The summed E-state index contributed by atoms with van der Waals surface area (Å²) in [5, 5.41) is 12.8. The Morgan fingerprint density at radius 1 is 1.23 bits per heavy atom. The summed E-state index contributed by atoms with van der Waals surface area (Å²) in [5.41, 5.74) is 0.158. The predicted molar refractivity (Wildman–Crippen MR) is 73.7 cm³/mol. The van der Waals surface area contributed by atoms with Crippen molar-refractivity contribution < 1.29 is 28.2 Å². The average molecular weight is 312 g/mol. The van der Waals surface area contributed by atoms with Gasteiger partial charge in [-0.25, -0.2) is 13.6 Å². The van der Waals surface area contributed by atoms with Crippen molar-refractivity contribution >= 4 is 5.97 Å². The molecule has 0 radical (unpaired) electrons. The Kier molecular flexibility index (Phi) is 4.30. The van der Waals surface area contributed by atoms with Crippen LogP contribution in [0.5, 0.6) is 11.5 Å². The normalized spacial score (nSPS) is 10.8. The highest BCUT2D eigenvalue weighted by Crippen LogP contribution is 2.39. The zero-order chi connectivity index (χ0) is 16.4. The summed E-state index contributed by atoms with van der Waals surface area (Å²) in [6.07, 6.45) is -2.74. The molecule has 6 nitrogen and oxygen atoms in total. The van der Waals surface area contributed by atoms with Crippen LogP contribution in [0.2, 0.25) is 0 Å². The molecular weight excluding hydrogens is 298 g/mol. The molecule has 0 spiro atoms. The Morgan fingerprint density at radius 3 is 2.32 bits per heavy atom. The average Bonchev–Trinajstić information content (AvgIpc) is 2.87. The Bertz CT molecular complexity index is 713. The van der Waals surface area contributed by atoms with Gasteiger partial charge in [0.1, 0.15) is 11.5 Å². The van der Waals surface area contributed by atoms with Gasteiger partial charge >= 0.3 is 5.97 Å². The van der Waals surface area contributed by atoms with Gasteiger partial charge in [0, 0.05) is 18.7 Å². The van der Waals surface area contributed by atoms with E-state index in [0.29, 0.717) is 11.3 Å². The van der Waals surface area contributed by atoms with Crippen molar-refractivity contribution in [3.8, 4) is 22.8 Å². The third-order valence-electron chi connectivity index (χ3n) is 3.16. The van der Waals surface area contributed by atoms with E-state index in [1.54, 1.807) is 0 Å². The van der Waals surface area contributed by atoms with Crippen molar-refractivity contribution in [2.24, 2.45) is 7.05 Å². The van der Waals surface area contributed by atoms with Crippen LogP contribution >= 0.6 is 0 Å². The molecule has 0 amide bonds. The molecule has 0 aliphatic heterocycles. The van der Waals surface area contributed by atoms with E-state index < -0.39 is 12.4 Å². The minimum Gasteiger partial charge on any atom is -0.496 e. The summed E-state index contributed by atoms with van der Waals surface area (Å²) >= 11 is 0. The molecule has 8 heteroatoms. The molecule has 1 heterocycles. The Balaban J connectivity index is 2.68. The molecular formula is C14H14F2N2O4. The number of hydrogen-bond donors (Lipinski definition) is 1. The number of benzene rings is 1. The Labute approximate surface area is 124 Å². The molecule has 0 saturated carbocycles. The number of nitrogens with zero attached hydrogens (tertiary/aromatic N) is 2. The second-order valence-electron chi connectivity index (χ2n) is 4.44. The topological polar surface area (TPSA) is 73.6 Å². The molecule has 0 fully saturated rings. The van der Waals surface area contributed by atoms with Gasteiger partial charge in [0.15, 0.2) is 5.69 Å². The number of rotatable bonds is 5. The van der Waals surface area contributed by atoms with Gasteiger partial charge in [0.2, 0.25) is 0 Å². The standard InChI is InChI=1S/C14H14F2N2O4/c1-18-10(5-9(17-18)14(19)20)7-4-8(13(15)16)12(22-3)6-11(7)21-2/h4-6,13H,1-3H3,(H,19,20). The van der Waals surface area contributed by atoms with Crippen LogP contribution in [-0.2, 0) is 7.05 Å². The maximum Gasteiger partial charge on any atom is 0.356 e. The van der Waals surface area contributed by atoms with E-state index >= 15 is 0 Å². The van der Waals surface area contributed by atoms with Crippen LogP contribution in [0.15, 0.2) is 18.2 Å². The van der Waals surface area contributed by atoms with Gasteiger partial charge in [-0.2, -0.15) is 5.10 Å². The molecule has 118 valence electrons. The lowest BCUT2D eigenvalue weighted by Gasteiger charge is -2.14. The first kappa shape index (κ1) is 15.7. The fourth-order valence-electron chi connectivity index (χ4n) is 2.12. The van der Waals surface area contributed by atoms with Crippen molar-refractivity contribution in [2.45, 2.75) is 6.43 Å². The molecule has 0 unspecified atom stereocenters. The van der Waals surface area contributed by atoms with Crippen LogP contribution in [0, 0.1) is 0 Å². The lowest BCUT2D eigenvalue weighted by atomic mass is 10.0. The number of carbonyl (C=O) groups is 1. The Hall–Kier alpha value is -2.64. The fraction of sp³-hybridized carbons (Fsp3) is 0.286. The van der Waals surface area contributed by atoms with Crippen molar-refractivity contribution in [2.75, 3.05) is 14.2 Å². The van der Waals surface area contributed by atoms with Crippen LogP contribution in [0.1, 0.15) is 22.5 Å². The first-order valence-electron chi connectivity index (χ1n) is 6.20. The van der Waals surface area contributed by atoms with Gasteiger partial charge in [-0.15, -0.1) is 0 Å². The molecule has 0 atom stereocenters. The lowest BCUT2D eigenvalue weighted by Crippen LogP contribution is -2.01. The maximum atomic E-state index is 13.1. The van der Waals surface area contributed by atoms with Gasteiger partial charge in [-0.05, 0) is 12.1 Å². The van der Waals surface area contributed by atoms with Crippen molar-refractivity contribution in [3.63, 3.8) is 0 Å². The number of carboxylic acid groups (broad SMARTS) is 1. The van der Waals surface area contributed by atoms with Crippen LogP contribution in [-0.4, -0.2) is 35.1 Å². The summed E-state index contributed by atoms with van der Waals surface area (Å²) in [6.45, 7) is 0. The summed E-state index contributed by atoms with van der Waals surface area (Å²) in [4.78, 5) is 11.0. The SMILES string of the molecule is COc1cc(OC)c(C(F)F)cc1-c1cc(C(=O)O)nn1C. The van der Waals surface area contributed by atoms with Gasteiger partial charge in [0.25, 0.3) is 6.43 Å². The van der Waals surface area contributed by atoms with Gasteiger partial charge in [-0.3, -0.25) is 4.68 Å². The van der Waals surface area contributed by atoms with E-state index in [1.807, 2.05) is 0 Å². The minimum atomic E-state index is -2.74. The Morgan fingerprint density at radius 2 is 1.86 bits per heavy atom. The second-order valence-corrected chi connectivity index (χ2v) is 4.44. The number of ether oxygens (including phenoxy) is 2. The number of carboxylic acids is 1. The van der Waals surface area contributed by atoms with Crippen LogP contribution in [0.25, 0.3) is 11.3 Å². The van der Waals surface area contributed by atoms with E-state index in [-0.39, 0.29) is 22.8 Å². The third kappa shape index (κ3) is 2.72. The second kappa shape index (κ2) is 6.00. The number of halogens is 2. The monoisotopic (exact) mass is 312 g/mol. The van der Waals surface area contributed by atoms with E-state index in [2.05, 4.69) is 5.10 Å². The molecule has 0 aliphatic rings. The molecule has 1 N–H and O–H groups in total. The molecule has 0 aliphatic carbocycles. The highest BCUT2D eigenvalue weighted by atomic mass is 19.3. The fourth-order valence-corrected chi connectivity index (χ4v) is 2.12. The maximum absolute atomic E-state index is 13.1. The number of aromatic nitrogens is 2. The van der Waals surface area contributed by atoms with Crippen LogP contribution < -0.4 is 9.47 Å². The number of aromatic carboxylic acids is 1. The van der Waals surface area contributed by atoms with Crippen molar-refractivity contribution in [3.05, 3.63) is 29.5 Å². The first-order valence-corrected chi connectivity index (χ1v) is 6.20. The number of alkyl halides is 2. The number of aryl methyl sites for hydroxylation is 1. The predicted octanol–water partition coefficient (Wildman–Crippen LogP) is 2.74. The zero-order valence-corrected chi connectivity index (χ0v) is 12.1. The lowest BCUT2D eigenvalue weighted by molar-refractivity contribution is 0.0689. The third-order valence-corrected chi connectivity index (χ3v) is 3.16. The zero-order valence-electron chi connectivity index (χ0n) is 12.1. The quantitative estimate of drug-likeness (QED) is 0.919. The largest absolute Gasteiger partial charge is 0.496 e. The van der Waals surface area contributed by atoms with E-state index in [0.717, 1.165) is 0 Å². The summed E-state index contributed by atoms with van der Waals surface area (Å²) in [7, 11) is 4.19. The van der Waals surface area contributed by atoms with Gasteiger partial charge < -0.3 is 14.6 Å². The van der Waals surface area contributed by atoms with Crippen LogP contribution in [0.3, 0.4) is 0 Å². The highest BCUT2D eigenvalue weighted by molar-refractivity contribution is 5.87. The molecule has 0 saturated heterocycles. The van der Waals surface area contributed by atoms with Gasteiger partial charge in [-0.1, -0.05) is 0 Å². The van der Waals surface area contributed by atoms with Crippen molar-refractivity contribution in [1.29, 1.82) is 0 Å². The number of hydrogen-bond acceptors (Lipinski definition) is 4. The van der Waals surface area contributed by atoms with Crippen LogP contribution in [0.4, 0.5) is 8.78 Å². The molecule has 2 aromatic rings. The molecule has 2 rings (SSSR count). The molecule has 0 bridgehead atoms. The first-order chi connectivity index (χ1) is 10.4.